The number of rotatable bonds is 11. The SMILES string of the molecule is CCCCNCc1ccc(OCCC)cc1OCCC. The van der Waals surface area contributed by atoms with Gasteiger partial charge >= 0.3 is 0 Å². The van der Waals surface area contributed by atoms with Gasteiger partial charge in [-0.3, -0.25) is 0 Å². The standard InChI is InChI=1S/C17H29NO2/c1-4-7-10-18-14-15-8-9-16(19-11-5-2)13-17(15)20-12-6-3/h8-9,13,18H,4-7,10-12,14H2,1-3H3. The lowest BCUT2D eigenvalue weighted by molar-refractivity contribution is 0.299. The highest BCUT2D eigenvalue weighted by atomic mass is 16.5. The van der Waals surface area contributed by atoms with Crippen molar-refractivity contribution in [3.63, 3.8) is 0 Å². The predicted molar refractivity (Wildman–Crippen MR) is 84.6 cm³/mol. The number of nitrogens with one attached hydrogen (secondary N) is 1. The minimum Gasteiger partial charge on any atom is -0.493 e. The van der Waals surface area contributed by atoms with Crippen LogP contribution in [0, 0.1) is 0 Å². The molecule has 0 spiro atoms. The van der Waals surface area contributed by atoms with Crippen LogP contribution in [0.2, 0.25) is 0 Å². The molecule has 0 saturated carbocycles. The van der Waals surface area contributed by atoms with Gasteiger partial charge in [0, 0.05) is 18.2 Å². The van der Waals surface area contributed by atoms with E-state index < -0.39 is 0 Å². The van der Waals surface area contributed by atoms with E-state index in [-0.39, 0.29) is 0 Å². The van der Waals surface area contributed by atoms with Gasteiger partial charge in [0.2, 0.25) is 0 Å². The molecule has 1 aromatic carbocycles. The number of hydrogen-bond donors (Lipinski definition) is 1. The Labute approximate surface area is 123 Å². The zero-order valence-corrected chi connectivity index (χ0v) is 13.2. The lowest BCUT2D eigenvalue weighted by atomic mass is 10.2. The maximum absolute atomic E-state index is 5.84. The molecule has 1 aromatic rings. The Morgan fingerprint density at radius 2 is 1.70 bits per heavy atom. The van der Waals surface area contributed by atoms with Crippen molar-refractivity contribution in [2.45, 2.75) is 53.0 Å². The largest absolute Gasteiger partial charge is 0.493 e. The van der Waals surface area contributed by atoms with Crippen LogP contribution in [-0.4, -0.2) is 19.8 Å². The molecule has 3 nitrogen and oxygen atoms in total. The van der Waals surface area contributed by atoms with E-state index in [0.29, 0.717) is 0 Å². The maximum Gasteiger partial charge on any atom is 0.127 e. The van der Waals surface area contributed by atoms with Crippen LogP contribution in [0.1, 0.15) is 52.0 Å². The Hall–Kier alpha value is -1.22. The van der Waals surface area contributed by atoms with Crippen molar-refractivity contribution in [2.24, 2.45) is 0 Å². The second kappa shape index (κ2) is 10.6. The first kappa shape index (κ1) is 16.8. The second-order valence-corrected chi connectivity index (χ2v) is 5.00. The molecule has 0 unspecified atom stereocenters. The molecule has 3 heteroatoms. The third-order valence-electron chi connectivity index (χ3n) is 3.00. The fourth-order valence-corrected chi connectivity index (χ4v) is 1.86. The molecule has 0 aliphatic rings. The average Bonchev–Trinajstić information content (AvgIpc) is 2.48. The highest BCUT2D eigenvalue weighted by molar-refractivity contribution is 5.40. The smallest absolute Gasteiger partial charge is 0.127 e. The zero-order chi connectivity index (χ0) is 14.6. The van der Waals surface area contributed by atoms with Gasteiger partial charge in [0.25, 0.3) is 0 Å². The first-order chi connectivity index (χ1) is 9.81. The van der Waals surface area contributed by atoms with E-state index in [1.807, 2.05) is 12.1 Å². The number of unbranched alkanes of at least 4 members (excludes halogenated alkanes) is 1. The van der Waals surface area contributed by atoms with E-state index >= 15 is 0 Å². The highest BCUT2D eigenvalue weighted by Crippen LogP contribution is 2.25. The highest BCUT2D eigenvalue weighted by Gasteiger charge is 2.06. The molecule has 1 rings (SSSR count). The Morgan fingerprint density at radius 1 is 0.950 bits per heavy atom. The first-order valence-electron chi connectivity index (χ1n) is 7.91. The van der Waals surface area contributed by atoms with Gasteiger partial charge in [-0.25, -0.2) is 0 Å². The summed E-state index contributed by atoms with van der Waals surface area (Å²) in [7, 11) is 0. The van der Waals surface area contributed by atoms with Gasteiger partial charge in [0.1, 0.15) is 11.5 Å². The van der Waals surface area contributed by atoms with Gasteiger partial charge in [-0.05, 0) is 31.9 Å². The molecule has 114 valence electrons. The maximum atomic E-state index is 5.84. The van der Waals surface area contributed by atoms with Crippen LogP contribution >= 0.6 is 0 Å². The van der Waals surface area contributed by atoms with Gasteiger partial charge < -0.3 is 14.8 Å². The van der Waals surface area contributed by atoms with Crippen LogP contribution in [0.3, 0.4) is 0 Å². The van der Waals surface area contributed by atoms with Gasteiger partial charge in [-0.15, -0.1) is 0 Å². The van der Waals surface area contributed by atoms with Crippen LogP contribution in [-0.2, 0) is 6.54 Å². The van der Waals surface area contributed by atoms with Crippen molar-refractivity contribution in [3.05, 3.63) is 23.8 Å². The van der Waals surface area contributed by atoms with E-state index in [2.05, 4.69) is 32.2 Å². The molecule has 1 N–H and O–H groups in total. The molecule has 0 heterocycles. The van der Waals surface area contributed by atoms with Crippen LogP contribution in [0.15, 0.2) is 18.2 Å². The molecule has 20 heavy (non-hydrogen) atoms. The van der Waals surface area contributed by atoms with Gasteiger partial charge in [-0.1, -0.05) is 33.3 Å². The van der Waals surface area contributed by atoms with Crippen molar-refractivity contribution in [3.8, 4) is 11.5 Å². The normalized spacial score (nSPS) is 10.6. The number of ether oxygens (including phenoxy) is 2. The van der Waals surface area contributed by atoms with E-state index in [1.54, 1.807) is 0 Å². The summed E-state index contributed by atoms with van der Waals surface area (Å²) in [6.07, 6.45) is 4.47. The number of hydrogen-bond acceptors (Lipinski definition) is 3. The molecule has 0 amide bonds. The summed E-state index contributed by atoms with van der Waals surface area (Å²) >= 11 is 0. The van der Waals surface area contributed by atoms with Crippen LogP contribution in [0.4, 0.5) is 0 Å². The van der Waals surface area contributed by atoms with Crippen LogP contribution < -0.4 is 14.8 Å². The fourth-order valence-electron chi connectivity index (χ4n) is 1.86. The Bertz CT molecular complexity index is 366. The Kier molecular flexibility index (Phi) is 8.88. The quantitative estimate of drug-likeness (QED) is 0.617. The molecule has 0 atom stereocenters. The summed E-state index contributed by atoms with van der Waals surface area (Å²) in [4.78, 5) is 0. The monoisotopic (exact) mass is 279 g/mol. The summed E-state index contributed by atoms with van der Waals surface area (Å²) in [5.41, 5.74) is 1.21. The summed E-state index contributed by atoms with van der Waals surface area (Å²) in [6, 6.07) is 6.16. The van der Waals surface area contributed by atoms with Crippen molar-refractivity contribution in [1.29, 1.82) is 0 Å². The lowest BCUT2D eigenvalue weighted by Gasteiger charge is -2.14. The lowest BCUT2D eigenvalue weighted by Crippen LogP contribution is -2.15. The Balaban J connectivity index is 2.64. The van der Waals surface area contributed by atoms with Gasteiger partial charge in [0.15, 0.2) is 0 Å². The van der Waals surface area contributed by atoms with E-state index in [0.717, 1.165) is 50.6 Å². The zero-order valence-electron chi connectivity index (χ0n) is 13.2. The minimum absolute atomic E-state index is 0.749. The summed E-state index contributed by atoms with van der Waals surface area (Å²) in [5, 5.41) is 3.46. The molecule has 0 fully saturated rings. The molecule has 0 aliphatic carbocycles. The fraction of sp³-hybridized carbons (Fsp3) is 0.647. The summed E-state index contributed by atoms with van der Waals surface area (Å²) in [6.45, 7) is 9.85. The average molecular weight is 279 g/mol. The Morgan fingerprint density at radius 3 is 2.40 bits per heavy atom. The van der Waals surface area contributed by atoms with Crippen LogP contribution in [0.25, 0.3) is 0 Å². The molecule has 0 aromatic heterocycles. The molecular formula is C17H29NO2. The summed E-state index contributed by atoms with van der Waals surface area (Å²) < 4.78 is 11.5. The van der Waals surface area contributed by atoms with Crippen LogP contribution in [0.5, 0.6) is 11.5 Å². The predicted octanol–water partition coefficient (Wildman–Crippen LogP) is 4.15. The van der Waals surface area contributed by atoms with E-state index in [9.17, 15) is 0 Å². The topological polar surface area (TPSA) is 30.5 Å². The number of benzene rings is 1. The third-order valence-corrected chi connectivity index (χ3v) is 3.00. The van der Waals surface area contributed by atoms with Crippen molar-refractivity contribution in [1.82, 2.24) is 5.32 Å². The van der Waals surface area contributed by atoms with E-state index in [4.69, 9.17) is 9.47 Å². The van der Waals surface area contributed by atoms with Crippen molar-refractivity contribution < 1.29 is 9.47 Å². The first-order valence-corrected chi connectivity index (χ1v) is 7.91. The molecule has 0 aliphatic heterocycles. The third kappa shape index (κ3) is 6.29. The van der Waals surface area contributed by atoms with Crippen molar-refractivity contribution >= 4 is 0 Å². The van der Waals surface area contributed by atoms with Gasteiger partial charge in [-0.2, -0.15) is 0 Å². The van der Waals surface area contributed by atoms with E-state index in [1.165, 1.54) is 18.4 Å². The molecular weight excluding hydrogens is 250 g/mol. The minimum atomic E-state index is 0.749. The summed E-state index contributed by atoms with van der Waals surface area (Å²) in [5.74, 6) is 1.85. The molecule has 0 radical (unpaired) electrons. The molecule has 0 saturated heterocycles. The molecule has 0 bridgehead atoms. The second-order valence-electron chi connectivity index (χ2n) is 5.00. The van der Waals surface area contributed by atoms with Gasteiger partial charge in [0.05, 0.1) is 13.2 Å². The van der Waals surface area contributed by atoms with Crippen molar-refractivity contribution in [2.75, 3.05) is 19.8 Å².